The molecule has 1 aromatic heterocycles. The van der Waals surface area contributed by atoms with Crippen molar-refractivity contribution in [2.45, 2.75) is 30.3 Å². The maximum atomic E-state index is 6.44. The first-order valence-electron chi connectivity index (χ1n) is 6.29. The van der Waals surface area contributed by atoms with Crippen LogP contribution in [0.1, 0.15) is 30.3 Å². The standard InChI is InChI=1S/C14H17N3S/c1-2-17-8-7-16-14(17)13(15)11-9-18-12-6-4-3-5-10(11)12/h3-8,11,13H,2,9,15H2,1H3. The molecule has 1 aliphatic heterocycles. The first-order chi connectivity index (χ1) is 8.81. The average molecular weight is 259 g/mol. The minimum Gasteiger partial charge on any atom is -0.334 e. The smallest absolute Gasteiger partial charge is 0.126 e. The highest BCUT2D eigenvalue weighted by Crippen LogP contribution is 2.44. The van der Waals surface area contributed by atoms with Gasteiger partial charge >= 0.3 is 0 Å². The fourth-order valence-corrected chi connectivity index (χ4v) is 3.86. The van der Waals surface area contributed by atoms with Crippen LogP contribution in [0.5, 0.6) is 0 Å². The molecule has 1 aromatic carbocycles. The van der Waals surface area contributed by atoms with Gasteiger partial charge in [0.25, 0.3) is 0 Å². The number of nitrogens with two attached hydrogens (primary N) is 1. The minimum atomic E-state index is -0.0175. The largest absolute Gasteiger partial charge is 0.334 e. The van der Waals surface area contributed by atoms with Crippen LogP contribution in [0.15, 0.2) is 41.6 Å². The molecular formula is C14H17N3S. The summed E-state index contributed by atoms with van der Waals surface area (Å²) >= 11 is 1.90. The van der Waals surface area contributed by atoms with Gasteiger partial charge in [0.15, 0.2) is 0 Å². The zero-order valence-electron chi connectivity index (χ0n) is 10.4. The third-order valence-corrected chi connectivity index (χ3v) is 4.77. The fraction of sp³-hybridized carbons (Fsp3) is 0.357. The predicted molar refractivity (Wildman–Crippen MR) is 74.7 cm³/mol. The van der Waals surface area contributed by atoms with E-state index >= 15 is 0 Å². The van der Waals surface area contributed by atoms with Crippen LogP contribution in [0.4, 0.5) is 0 Å². The highest BCUT2D eigenvalue weighted by atomic mass is 32.2. The summed E-state index contributed by atoms with van der Waals surface area (Å²) in [5.41, 5.74) is 7.81. The first-order valence-corrected chi connectivity index (χ1v) is 7.28. The van der Waals surface area contributed by atoms with Gasteiger partial charge in [-0.2, -0.15) is 0 Å². The Balaban J connectivity index is 1.93. The van der Waals surface area contributed by atoms with Gasteiger partial charge in [0.2, 0.25) is 0 Å². The zero-order valence-corrected chi connectivity index (χ0v) is 11.2. The molecule has 94 valence electrons. The van der Waals surface area contributed by atoms with Crippen molar-refractivity contribution >= 4 is 11.8 Å². The highest BCUT2D eigenvalue weighted by molar-refractivity contribution is 7.99. The maximum Gasteiger partial charge on any atom is 0.126 e. The molecular weight excluding hydrogens is 242 g/mol. The summed E-state index contributed by atoms with van der Waals surface area (Å²) in [6, 6.07) is 8.54. The number of fused-ring (bicyclic) bond motifs is 1. The molecule has 0 spiro atoms. The summed E-state index contributed by atoms with van der Waals surface area (Å²) in [5.74, 6) is 2.43. The first kappa shape index (κ1) is 11.8. The van der Waals surface area contributed by atoms with Crippen LogP contribution in [0, 0.1) is 0 Å². The van der Waals surface area contributed by atoms with E-state index in [1.54, 1.807) is 0 Å². The van der Waals surface area contributed by atoms with E-state index in [0.29, 0.717) is 5.92 Å². The SMILES string of the molecule is CCn1ccnc1C(N)C1CSc2ccccc21. The van der Waals surface area contributed by atoms with Crippen LogP contribution in [0.3, 0.4) is 0 Å². The molecule has 0 saturated heterocycles. The van der Waals surface area contributed by atoms with E-state index in [1.165, 1.54) is 10.5 Å². The van der Waals surface area contributed by atoms with Gasteiger partial charge in [0, 0.05) is 35.5 Å². The molecule has 2 atom stereocenters. The lowest BCUT2D eigenvalue weighted by Crippen LogP contribution is -2.23. The second-order valence-electron chi connectivity index (χ2n) is 4.55. The molecule has 0 radical (unpaired) electrons. The Kier molecular flexibility index (Phi) is 3.14. The number of thioether (sulfide) groups is 1. The Labute approximate surface area is 111 Å². The summed E-state index contributed by atoms with van der Waals surface area (Å²) < 4.78 is 2.14. The summed E-state index contributed by atoms with van der Waals surface area (Å²) in [6.45, 7) is 3.04. The number of hydrogen-bond acceptors (Lipinski definition) is 3. The Morgan fingerprint density at radius 1 is 1.50 bits per heavy atom. The van der Waals surface area contributed by atoms with E-state index in [2.05, 4.69) is 40.7 Å². The van der Waals surface area contributed by atoms with E-state index in [1.807, 2.05) is 24.2 Å². The van der Waals surface area contributed by atoms with Gasteiger partial charge in [-0.15, -0.1) is 11.8 Å². The third kappa shape index (κ3) is 1.85. The number of hydrogen-bond donors (Lipinski definition) is 1. The van der Waals surface area contributed by atoms with Crippen molar-refractivity contribution in [3.05, 3.63) is 48.0 Å². The summed E-state index contributed by atoms with van der Waals surface area (Å²) in [4.78, 5) is 5.80. The predicted octanol–water partition coefficient (Wildman–Crippen LogP) is 2.79. The number of aromatic nitrogens is 2. The number of rotatable bonds is 3. The monoisotopic (exact) mass is 259 g/mol. The van der Waals surface area contributed by atoms with Gasteiger partial charge < -0.3 is 10.3 Å². The van der Waals surface area contributed by atoms with Gasteiger partial charge in [-0.05, 0) is 18.6 Å². The molecule has 2 heterocycles. The van der Waals surface area contributed by atoms with Crippen LogP contribution in [-0.4, -0.2) is 15.3 Å². The molecule has 4 heteroatoms. The van der Waals surface area contributed by atoms with Gasteiger partial charge in [0.1, 0.15) is 5.82 Å². The lowest BCUT2D eigenvalue weighted by molar-refractivity contribution is 0.537. The molecule has 2 aromatic rings. The van der Waals surface area contributed by atoms with Gasteiger partial charge in [-0.25, -0.2) is 4.98 Å². The Bertz CT molecular complexity index is 549. The summed E-state index contributed by atoms with van der Waals surface area (Å²) in [5, 5.41) is 0. The second kappa shape index (κ2) is 4.78. The molecule has 3 rings (SSSR count). The van der Waals surface area contributed by atoms with E-state index in [4.69, 9.17) is 5.73 Å². The quantitative estimate of drug-likeness (QED) is 0.921. The summed E-state index contributed by atoms with van der Waals surface area (Å²) in [7, 11) is 0. The van der Waals surface area contributed by atoms with Gasteiger partial charge in [-0.3, -0.25) is 0 Å². The number of nitrogens with zero attached hydrogens (tertiary/aromatic N) is 2. The molecule has 0 bridgehead atoms. The number of benzene rings is 1. The van der Waals surface area contributed by atoms with Crippen molar-refractivity contribution in [3.63, 3.8) is 0 Å². The van der Waals surface area contributed by atoms with Crippen LogP contribution in [0.2, 0.25) is 0 Å². The van der Waals surface area contributed by atoms with Crippen molar-refractivity contribution in [1.29, 1.82) is 0 Å². The number of aryl methyl sites for hydroxylation is 1. The lowest BCUT2D eigenvalue weighted by Gasteiger charge is -2.20. The van der Waals surface area contributed by atoms with Crippen LogP contribution in [0.25, 0.3) is 0 Å². The maximum absolute atomic E-state index is 6.44. The molecule has 0 saturated carbocycles. The van der Waals surface area contributed by atoms with E-state index < -0.39 is 0 Å². The molecule has 0 aliphatic carbocycles. The van der Waals surface area contributed by atoms with Crippen LogP contribution < -0.4 is 5.73 Å². The van der Waals surface area contributed by atoms with Crippen LogP contribution >= 0.6 is 11.8 Å². The second-order valence-corrected chi connectivity index (χ2v) is 5.61. The molecule has 2 N–H and O–H groups in total. The Morgan fingerprint density at radius 3 is 3.17 bits per heavy atom. The molecule has 18 heavy (non-hydrogen) atoms. The number of imidazole rings is 1. The van der Waals surface area contributed by atoms with E-state index in [9.17, 15) is 0 Å². The average Bonchev–Trinajstić information content (AvgIpc) is 3.04. The Morgan fingerprint density at radius 2 is 2.33 bits per heavy atom. The fourth-order valence-electron chi connectivity index (χ4n) is 2.55. The third-order valence-electron chi connectivity index (χ3n) is 3.56. The van der Waals surface area contributed by atoms with Crippen molar-refractivity contribution in [2.75, 3.05) is 5.75 Å². The van der Waals surface area contributed by atoms with Gasteiger partial charge in [-0.1, -0.05) is 18.2 Å². The van der Waals surface area contributed by atoms with Crippen LogP contribution in [-0.2, 0) is 6.54 Å². The van der Waals surface area contributed by atoms with E-state index in [-0.39, 0.29) is 6.04 Å². The molecule has 3 nitrogen and oxygen atoms in total. The highest BCUT2D eigenvalue weighted by Gasteiger charge is 2.30. The Hall–Kier alpha value is -1.26. The van der Waals surface area contributed by atoms with E-state index in [0.717, 1.165) is 18.1 Å². The van der Waals surface area contributed by atoms with Crippen molar-refractivity contribution in [3.8, 4) is 0 Å². The normalized spacial score (nSPS) is 19.8. The zero-order chi connectivity index (χ0) is 12.5. The van der Waals surface area contributed by atoms with Crippen molar-refractivity contribution < 1.29 is 0 Å². The minimum absolute atomic E-state index is 0.0175. The van der Waals surface area contributed by atoms with Crippen molar-refractivity contribution in [2.24, 2.45) is 5.73 Å². The molecule has 0 fully saturated rings. The van der Waals surface area contributed by atoms with Crippen molar-refractivity contribution in [1.82, 2.24) is 9.55 Å². The molecule has 2 unspecified atom stereocenters. The molecule has 1 aliphatic rings. The summed E-state index contributed by atoms with van der Waals surface area (Å²) in [6.07, 6.45) is 3.84. The van der Waals surface area contributed by atoms with Gasteiger partial charge in [0.05, 0.1) is 6.04 Å². The molecule has 0 amide bonds. The lowest BCUT2D eigenvalue weighted by atomic mass is 9.93. The topological polar surface area (TPSA) is 43.8 Å².